The molecule has 0 atom stereocenters. The average molecular weight is 395 g/mol. The Labute approximate surface area is 172 Å². The van der Waals surface area contributed by atoms with Crippen LogP contribution in [0.1, 0.15) is 46.8 Å². The lowest BCUT2D eigenvalue weighted by Crippen LogP contribution is -2.32. The van der Waals surface area contributed by atoms with E-state index in [4.69, 9.17) is 16.6 Å². The third-order valence-electron chi connectivity index (χ3n) is 5.88. The van der Waals surface area contributed by atoms with Crippen LogP contribution < -0.4 is 0 Å². The minimum Gasteiger partial charge on any atom is -0.299 e. The third-order valence-corrected chi connectivity index (χ3v) is 6.12. The summed E-state index contributed by atoms with van der Waals surface area (Å²) >= 11 is 6.09. The number of aromatic nitrogens is 3. The van der Waals surface area contributed by atoms with Gasteiger partial charge in [0.2, 0.25) is 0 Å². The Hall–Kier alpha value is -2.17. The van der Waals surface area contributed by atoms with E-state index in [0.717, 1.165) is 31.1 Å². The molecule has 146 valence electrons. The maximum atomic E-state index is 6.09. The lowest BCUT2D eigenvalue weighted by Gasteiger charge is -2.31. The van der Waals surface area contributed by atoms with E-state index in [2.05, 4.69) is 35.1 Å². The maximum Gasteiger partial charge on any atom is 0.0537 e. The number of nitrogens with zero attached hydrogens (tertiary/aromatic N) is 4. The molecule has 28 heavy (non-hydrogen) atoms. The van der Waals surface area contributed by atoms with Crippen LogP contribution in [0.3, 0.4) is 0 Å². The van der Waals surface area contributed by atoms with Crippen LogP contribution in [-0.4, -0.2) is 32.8 Å². The molecule has 0 saturated carbocycles. The molecule has 0 amide bonds. The Bertz CT molecular complexity index is 924. The maximum absolute atomic E-state index is 6.09. The summed E-state index contributed by atoms with van der Waals surface area (Å²) < 4.78 is 1.96. The Morgan fingerprint density at radius 3 is 2.54 bits per heavy atom. The Morgan fingerprint density at radius 1 is 1.07 bits per heavy atom. The van der Waals surface area contributed by atoms with Gasteiger partial charge in [-0.15, -0.1) is 0 Å². The van der Waals surface area contributed by atoms with Crippen molar-refractivity contribution in [3.63, 3.8) is 0 Å². The van der Waals surface area contributed by atoms with Crippen LogP contribution in [0.25, 0.3) is 0 Å². The molecule has 1 aromatic carbocycles. The van der Waals surface area contributed by atoms with Crippen molar-refractivity contribution in [1.29, 1.82) is 0 Å². The second-order valence-corrected chi connectivity index (χ2v) is 8.26. The lowest BCUT2D eigenvalue weighted by molar-refractivity contribution is 0.203. The van der Waals surface area contributed by atoms with Gasteiger partial charge >= 0.3 is 0 Å². The second kappa shape index (κ2) is 8.46. The summed E-state index contributed by atoms with van der Waals surface area (Å²) in [7, 11) is 2.01. The first-order chi connectivity index (χ1) is 13.6. The molecular weight excluding hydrogens is 368 g/mol. The van der Waals surface area contributed by atoms with Crippen molar-refractivity contribution in [3.8, 4) is 0 Å². The Kier molecular flexibility index (Phi) is 5.79. The van der Waals surface area contributed by atoms with Gasteiger partial charge in [-0.2, -0.15) is 5.10 Å². The smallest absolute Gasteiger partial charge is 0.0537 e. The third kappa shape index (κ3) is 4.45. The zero-order valence-electron chi connectivity index (χ0n) is 16.6. The van der Waals surface area contributed by atoms with Crippen LogP contribution >= 0.6 is 11.6 Å². The van der Waals surface area contributed by atoms with Gasteiger partial charge in [0.15, 0.2) is 0 Å². The summed E-state index contributed by atoms with van der Waals surface area (Å²) in [4.78, 5) is 7.32. The van der Waals surface area contributed by atoms with Crippen molar-refractivity contribution < 1.29 is 0 Å². The van der Waals surface area contributed by atoms with Crippen molar-refractivity contribution in [1.82, 2.24) is 19.7 Å². The number of benzene rings is 1. The highest BCUT2D eigenvalue weighted by molar-refractivity contribution is 6.30. The fourth-order valence-electron chi connectivity index (χ4n) is 3.99. The Morgan fingerprint density at radius 2 is 1.89 bits per heavy atom. The van der Waals surface area contributed by atoms with Crippen LogP contribution in [0.5, 0.6) is 0 Å². The number of aryl methyl sites for hydroxylation is 1. The molecule has 1 saturated heterocycles. The lowest BCUT2D eigenvalue weighted by atomic mass is 9.92. The quantitative estimate of drug-likeness (QED) is 0.626. The normalized spacial score (nSPS) is 15.8. The summed E-state index contributed by atoms with van der Waals surface area (Å²) in [5.41, 5.74) is 6.28. The highest BCUT2D eigenvalue weighted by Gasteiger charge is 2.22. The standard InChI is InChI=1S/C23H27ClN4/c1-17-21(15-26-27(17)2)16-28-10-8-20(9-11-28)23-7-6-19(14-25-23)12-18-4-3-5-22(24)13-18/h3-7,13-15,20H,8-12,16H2,1-2H3. The zero-order valence-corrected chi connectivity index (χ0v) is 17.4. The summed E-state index contributed by atoms with van der Waals surface area (Å²) in [5.74, 6) is 0.562. The predicted octanol–water partition coefficient (Wildman–Crippen LogP) is 4.75. The first kappa shape index (κ1) is 19.2. The molecule has 0 aliphatic carbocycles. The van der Waals surface area contributed by atoms with Gasteiger partial charge in [0.1, 0.15) is 0 Å². The minimum absolute atomic E-state index is 0.562. The number of hydrogen-bond donors (Lipinski definition) is 0. The molecule has 1 fully saturated rings. The van der Waals surface area contributed by atoms with E-state index >= 15 is 0 Å². The fraction of sp³-hybridized carbons (Fsp3) is 0.391. The van der Waals surface area contributed by atoms with E-state index in [1.54, 1.807) is 0 Å². The molecule has 1 aliphatic heterocycles. The molecule has 5 heteroatoms. The number of rotatable bonds is 5. The number of pyridine rings is 1. The number of halogens is 1. The van der Waals surface area contributed by atoms with Gasteiger partial charge in [-0.05, 0) is 68.6 Å². The molecule has 0 bridgehead atoms. The molecule has 4 nitrogen and oxygen atoms in total. The molecule has 0 radical (unpaired) electrons. The highest BCUT2D eigenvalue weighted by atomic mass is 35.5. The van der Waals surface area contributed by atoms with Gasteiger partial charge in [-0.25, -0.2) is 0 Å². The van der Waals surface area contributed by atoms with E-state index in [9.17, 15) is 0 Å². The summed E-state index contributed by atoms with van der Waals surface area (Å²) in [6, 6.07) is 12.5. The molecule has 2 aromatic heterocycles. The monoisotopic (exact) mass is 394 g/mol. The minimum atomic E-state index is 0.562. The summed E-state index contributed by atoms with van der Waals surface area (Å²) in [6.45, 7) is 5.37. The summed E-state index contributed by atoms with van der Waals surface area (Å²) in [6.07, 6.45) is 7.24. The zero-order chi connectivity index (χ0) is 19.5. The molecule has 0 unspecified atom stereocenters. The predicted molar refractivity (Wildman–Crippen MR) is 114 cm³/mol. The van der Waals surface area contributed by atoms with Gasteiger partial charge in [0.25, 0.3) is 0 Å². The first-order valence-corrected chi connectivity index (χ1v) is 10.4. The summed E-state index contributed by atoms with van der Waals surface area (Å²) in [5, 5.41) is 5.15. The van der Waals surface area contributed by atoms with Gasteiger partial charge in [-0.1, -0.05) is 29.8 Å². The highest BCUT2D eigenvalue weighted by Crippen LogP contribution is 2.28. The van der Waals surface area contributed by atoms with Crippen molar-refractivity contribution in [3.05, 3.63) is 81.9 Å². The van der Waals surface area contributed by atoms with Gasteiger partial charge in [-0.3, -0.25) is 14.6 Å². The first-order valence-electron chi connectivity index (χ1n) is 9.97. The molecule has 0 N–H and O–H groups in total. The topological polar surface area (TPSA) is 34.0 Å². The van der Waals surface area contributed by atoms with Crippen LogP contribution in [0.15, 0.2) is 48.8 Å². The van der Waals surface area contributed by atoms with Crippen LogP contribution in [0.2, 0.25) is 5.02 Å². The molecule has 1 aliphatic rings. The molecule has 4 rings (SSSR count). The number of likely N-dealkylation sites (tertiary alicyclic amines) is 1. The fourth-order valence-corrected chi connectivity index (χ4v) is 4.20. The second-order valence-electron chi connectivity index (χ2n) is 7.83. The molecule has 3 heterocycles. The van der Waals surface area contributed by atoms with Crippen molar-refractivity contribution >= 4 is 11.6 Å². The molecule has 0 spiro atoms. The van der Waals surface area contributed by atoms with Crippen molar-refractivity contribution in [2.45, 2.75) is 38.6 Å². The number of hydrogen-bond acceptors (Lipinski definition) is 3. The van der Waals surface area contributed by atoms with E-state index in [1.165, 1.54) is 40.9 Å². The Balaban J connectivity index is 1.32. The van der Waals surface area contributed by atoms with Crippen molar-refractivity contribution in [2.24, 2.45) is 7.05 Å². The van der Waals surface area contributed by atoms with Crippen LogP contribution in [-0.2, 0) is 20.0 Å². The molecular formula is C23H27ClN4. The van der Waals surface area contributed by atoms with E-state index in [-0.39, 0.29) is 0 Å². The van der Waals surface area contributed by atoms with Crippen molar-refractivity contribution in [2.75, 3.05) is 13.1 Å². The van der Waals surface area contributed by atoms with Gasteiger partial charge < -0.3 is 0 Å². The van der Waals surface area contributed by atoms with Gasteiger partial charge in [0.05, 0.1) is 6.20 Å². The average Bonchev–Trinajstić information content (AvgIpc) is 3.01. The SMILES string of the molecule is Cc1c(CN2CCC(c3ccc(Cc4cccc(Cl)c4)cn3)CC2)cnn1C. The molecule has 3 aromatic rings. The number of piperidine rings is 1. The van der Waals surface area contributed by atoms with E-state index in [1.807, 2.05) is 42.3 Å². The van der Waals surface area contributed by atoms with E-state index < -0.39 is 0 Å². The van der Waals surface area contributed by atoms with Gasteiger partial charge in [0, 0.05) is 47.7 Å². The van der Waals surface area contributed by atoms with E-state index in [0.29, 0.717) is 5.92 Å². The van der Waals surface area contributed by atoms with Crippen LogP contribution in [0, 0.1) is 6.92 Å². The van der Waals surface area contributed by atoms with Crippen LogP contribution in [0.4, 0.5) is 0 Å². The largest absolute Gasteiger partial charge is 0.299 e.